The Morgan fingerprint density at radius 3 is 2.27 bits per heavy atom. The van der Waals surface area contributed by atoms with Gasteiger partial charge < -0.3 is 4.90 Å². The average molecular weight is 316 g/mol. The minimum absolute atomic E-state index is 0.213. The van der Waals surface area contributed by atoms with Crippen LogP contribution in [0, 0.1) is 0 Å². The molecule has 2 aromatic rings. The molecule has 0 unspecified atom stereocenters. The van der Waals surface area contributed by atoms with E-state index in [1.54, 1.807) is 0 Å². The lowest BCUT2D eigenvalue weighted by Crippen LogP contribution is -2.28. The monoisotopic (exact) mass is 315 g/mol. The molecule has 2 rings (SSSR count). The summed E-state index contributed by atoms with van der Waals surface area (Å²) < 4.78 is 0. The topological polar surface area (TPSA) is 20.3 Å². The van der Waals surface area contributed by atoms with Crippen molar-refractivity contribution in [1.82, 2.24) is 4.90 Å². The van der Waals surface area contributed by atoms with E-state index in [1.807, 2.05) is 54.4 Å². The summed E-state index contributed by atoms with van der Waals surface area (Å²) in [5, 5.41) is 0.745. The summed E-state index contributed by atoms with van der Waals surface area (Å²) in [5.41, 5.74) is 2.49. The van der Waals surface area contributed by atoms with Crippen molar-refractivity contribution in [2.45, 2.75) is 25.7 Å². The lowest BCUT2D eigenvalue weighted by Gasteiger charge is -2.17. The highest BCUT2D eigenvalue weighted by Gasteiger charge is 2.08. The summed E-state index contributed by atoms with van der Waals surface area (Å²) in [4.78, 5) is 13.9. The van der Waals surface area contributed by atoms with Gasteiger partial charge in [-0.2, -0.15) is 0 Å². The van der Waals surface area contributed by atoms with E-state index in [-0.39, 0.29) is 5.91 Å². The summed E-state index contributed by atoms with van der Waals surface area (Å²) in [6.07, 6.45) is 3.32. The fourth-order valence-electron chi connectivity index (χ4n) is 2.35. The largest absolute Gasteiger partial charge is 0.345 e. The van der Waals surface area contributed by atoms with Crippen LogP contribution in [0.1, 0.15) is 24.0 Å². The lowest BCUT2D eigenvalue weighted by molar-refractivity contribution is -0.129. The number of rotatable bonds is 7. The van der Waals surface area contributed by atoms with Gasteiger partial charge in [-0.15, -0.1) is 0 Å². The number of amides is 1. The molecule has 0 saturated carbocycles. The number of hydrogen-bond acceptors (Lipinski definition) is 1. The first-order valence-electron chi connectivity index (χ1n) is 7.67. The first-order chi connectivity index (χ1) is 10.6. The number of halogens is 1. The Morgan fingerprint density at radius 2 is 1.59 bits per heavy atom. The molecule has 0 aliphatic rings. The molecular formula is C19H22ClNO. The standard InChI is InChI=1S/C19H22ClNO/c1-21(15-14-17-10-12-18(20)13-11-17)19(22)9-5-8-16-6-3-2-4-7-16/h2-4,6-7,10-13H,5,8-9,14-15H2,1H3. The molecule has 22 heavy (non-hydrogen) atoms. The van der Waals surface area contributed by atoms with Crippen LogP contribution in [0.15, 0.2) is 54.6 Å². The van der Waals surface area contributed by atoms with Crippen LogP contribution in [0.3, 0.4) is 0 Å². The smallest absolute Gasteiger partial charge is 0.222 e. The van der Waals surface area contributed by atoms with E-state index >= 15 is 0 Å². The fraction of sp³-hybridized carbons (Fsp3) is 0.316. The van der Waals surface area contributed by atoms with Gasteiger partial charge in [0.15, 0.2) is 0 Å². The van der Waals surface area contributed by atoms with Crippen LogP contribution in [0.2, 0.25) is 5.02 Å². The van der Waals surface area contributed by atoms with Crippen LogP contribution in [-0.4, -0.2) is 24.4 Å². The van der Waals surface area contributed by atoms with Crippen LogP contribution in [0.25, 0.3) is 0 Å². The number of carbonyl (C=O) groups excluding carboxylic acids is 1. The van der Waals surface area contributed by atoms with E-state index in [0.29, 0.717) is 6.42 Å². The van der Waals surface area contributed by atoms with Gasteiger partial charge in [0.2, 0.25) is 5.91 Å². The minimum atomic E-state index is 0.213. The highest BCUT2D eigenvalue weighted by molar-refractivity contribution is 6.30. The Kier molecular flexibility index (Phi) is 6.47. The predicted octanol–water partition coefficient (Wildman–Crippen LogP) is 4.36. The van der Waals surface area contributed by atoms with E-state index in [2.05, 4.69) is 12.1 Å². The first kappa shape index (κ1) is 16.6. The van der Waals surface area contributed by atoms with Crippen LogP contribution in [0.4, 0.5) is 0 Å². The van der Waals surface area contributed by atoms with Gasteiger partial charge >= 0.3 is 0 Å². The van der Waals surface area contributed by atoms with Gasteiger partial charge in [-0.3, -0.25) is 4.79 Å². The zero-order chi connectivity index (χ0) is 15.8. The molecule has 0 bridgehead atoms. The van der Waals surface area contributed by atoms with Crippen LogP contribution in [-0.2, 0) is 17.6 Å². The Bertz CT molecular complexity index is 580. The van der Waals surface area contributed by atoms with E-state index in [9.17, 15) is 4.79 Å². The molecule has 0 atom stereocenters. The zero-order valence-corrected chi connectivity index (χ0v) is 13.7. The Labute approximate surface area is 137 Å². The van der Waals surface area contributed by atoms with Crippen LogP contribution >= 0.6 is 11.6 Å². The number of likely N-dealkylation sites (N-methyl/N-ethyl adjacent to an activating group) is 1. The molecule has 0 saturated heterocycles. The second-order valence-electron chi connectivity index (χ2n) is 5.53. The molecule has 0 spiro atoms. The third kappa shape index (κ3) is 5.53. The van der Waals surface area contributed by atoms with Gasteiger partial charge in [0, 0.05) is 25.0 Å². The van der Waals surface area contributed by atoms with Crippen molar-refractivity contribution in [2.24, 2.45) is 0 Å². The van der Waals surface area contributed by atoms with Gasteiger partial charge in [-0.05, 0) is 42.5 Å². The van der Waals surface area contributed by atoms with Crippen molar-refractivity contribution in [1.29, 1.82) is 0 Å². The van der Waals surface area contributed by atoms with Gasteiger partial charge in [-0.1, -0.05) is 54.1 Å². The van der Waals surface area contributed by atoms with Gasteiger partial charge in [0.1, 0.15) is 0 Å². The van der Waals surface area contributed by atoms with Crippen molar-refractivity contribution < 1.29 is 4.79 Å². The number of hydrogen-bond donors (Lipinski definition) is 0. The third-order valence-corrected chi connectivity index (χ3v) is 4.03. The highest BCUT2D eigenvalue weighted by atomic mass is 35.5. The second-order valence-corrected chi connectivity index (χ2v) is 5.97. The molecule has 1 amide bonds. The molecule has 116 valence electrons. The molecule has 0 heterocycles. The van der Waals surface area contributed by atoms with E-state index in [4.69, 9.17) is 11.6 Å². The molecule has 0 aromatic heterocycles. The van der Waals surface area contributed by atoms with Crippen LogP contribution in [0.5, 0.6) is 0 Å². The predicted molar refractivity (Wildman–Crippen MR) is 92.2 cm³/mol. The number of aryl methyl sites for hydroxylation is 1. The summed E-state index contributed by atoms with van der Waals surface area (Å²) in [6.45, 7) is 0.742. The minimum Gasteiger partial charge on any atom is -0.345 e. The fourth-order valence-corrected chi connectivity index (χ4v) is 2.48. The molecule has 0 fully saturated rings. The molecule has 2 nitrogen and oxygen atoms in total. The molecule has 2 aromatic carbocycles. The maximum atomic E-state index is 12.1. The Balaban J connectivity index is 1.69. The van der Waals surface area contributed by atoms with E-state index in [1.165, 1.54) is 11.1 Å². The SMILES string of the molecule is CN(CCc1ccc(Cl)cc1)C(=O)CCCc1ccccc1. The Morgan fingerprint density at radius 1 is 0.955 bits per heavy atom. The maximum absolute atomic E-state index is 12.1. The van der Waals surface area contributed by atoms with Crippen molar-refractivity contribution in [2.75, 3.05) is 13.6 Å². The van der Waals surface area contributed by atoms with Crippen molar-refractivity contribution in [3.63, 3.8) is 0 Å². The Hall–Kier alpha value is -1.80. The molecular weight excluding hydrogens is 294 g/mol. The molecule has 3 heteroatoms. The molecule has 0 N–H and O–H groups in total. The number of nitrogens with zero attached hydrogens (tertiary/aromatic N) is 1. The maximum Gasteiger partial charge on any atom is 0.222 e. The van der Waals surface area contributed by atoms with Crippen molar-refractivity contribution in [3.05, 3.63) is 70.7 Å². The molecule has 0 radical (unpaired) electrons. The van der Waals surface area contributed by atoms with Crippen molar-refractivity contribution in [3.8, 4) is 0 Å². The number of carbonyl (C=O) groups is 1. The quantitative estimate of drug-likeness (QED) is 0.743. The summed E-state index contributed by atoms with van der Waals surface area (Å²) in [7, 11) is 1.88. The van der Waals surface area contributed by atoms with Gasteiger partial charge in [0.25, 0.3) is 0 Å². The summed E-state index contributed by atoms with van der Waals surface area (Å²) in [6, 6.07) is 18.1. The second kappa shape index (κ2) is 8.60. The average Bonchev–Trinajstić information content (AvgIpc) is 2.55. The van der Waals surface area contributed by atoms with Gasteiger partial charge in [-0.25, -0.2) is 0 Å². The lowest BCUT2D eigenvalue weighted by atomic mass is 10.1. The zero-order valence-electron chi connectivity index (χ0n) is 13.0. The van der Waals surface area contributed by atoms with E-state index < -0.39 is 0 Å². The third-order valence-electron chi connectivity index (χ3n) is 3.77. The van der Waals surface area contributed by atoms with E-state index in [0.717, 1.165) is 30.8 Å². The summed E-state index contributed by atoms with van der Waals surface area (Å²) in [5.74, 6) is 0.213. The van der Waals surface area contributed by atoms with Crippen molar-refractivity contribution >= 4 is 17.5 Å². The van der Waals surface area contributed by atoms with Crippen LogP contribution < -0.4 is 0 Å². The first-order valence-corrected chi connectivity index (χ1v) is 8.05. The normalized spacial score (nSPS) is 10.5. The van der Waals surface area contributed by atoms with Gasteiger partial charge in [0.05, 0.1) is 0 Å². The highest BCUT2D eigenvalue weighted by Crippen LogP contribution is 2.11. The molecule has 0 aliphatic carbocycles. The summed E-state index contributed by atoms with van der Waals surface area (Å²) >= 11 is 5.87. The molecule has 0 aliphatic heterocycles. The number of benzene rings is 2.